The summed E-state index contributed by atoms with van der Waals surface area (Å²) in [5.41, 5.74) is 0.850. The number of hydrogen-bond donors (Lipinski definition) is 0. The SMILES string of the molecule is COc1cc(C=O)ccc1OCc1cccc(OC)c1F. The molecule has 2 aromatic carbocycles. The normalized spacial score (nSPS) is 10.0. The molecule has 0 aliphatic rings. The summed E-state index contributed by atoms with van der Waals surface area (Å²) < 4.78 is 29.6. The Morgan fingerprint density at radius 1 is 1.05 bits per heavy atom. The van der Waals surface area contributed by atoms with Crippen molar-refractivity contribution in [1.82, 2.24) is 0 Å². The van der Waals surface area contributed by atoms with Crippen molar-refractivity contribution in [2.75, 3.05) is 14.2 Å². The van der Waals surface area contributed by atoms with Crippen molar-refractivity contribution >= 4 is 6.29 Å². The van der Waals surface area contributed by atoms with E-state index in [0.29, 0.717) is 28.9 Å². The first-order chi connectivity index (χ1) is 10.2. The molecule has 4 nitrogen and oxygen atoms in total. The molecule has 21 heavy (non-hydrogen) atoms. The van der Waals surface area contributed by atoms with Crippen LogP contribution in [-0.4, -0.2) is 20.5 Å². The third-order valence-electron chi connectivity index (χ3n) is 2.97. The van der Waals surface area contributed by atoms with Crippen LogP contribution >= 0.6 is 0 Å². The molecule has 0 aliphatic heterocycles. The van der Waals surface area contributed by atoms with Gasteiger partial charge in [-0.3, -0.25) is 4.79 Å². The van der Waals surface area contributed by atoms with E-state index in [9.17, 15) is 9.18 Å². The fourth-order valence-electron chi connectivity index (χ4n) is 1.86. The van der Waals surface area contributed by atoms with Gasteiger partial charge in [0.05, 0.1) is 14.2 Å². The summed E-state index contributed by atoms with van der Waals surface area (Å²) in [5, 5.41) is 0. The lowest BCUT2D eigenvalue weighted by atomic mass is 10.2. The molecular weight excluding hydrogens is 275 g/mol. The quantitative estimate of drug-likeness (QED) is 0.766. The van der Waals surface area contributed by atoms with Crippen LogP contribution in [0.15, 0.2) is 36.4 Å². The number of aldehydes is 1. The van der Waals surface area contributed by atoms with Gasteiger partial charge in [0.2, 0.25) is 0 Å². The van der Waals surface area contributed by atoms with Gasteiger partial charge >= 0.3 is 0 Å². The molecule has 110 valence electrons. The summed E-state index contributed by atoms with van der Waals surface area (Å²) >= 11 is 0. The lowest BCUT2D eigenvalue weighted by molar-refractivity contribution is 0.112. The number of benzene rings is 2. The van der Waals surface area contributed by atoms with Gasteiger partial charge in [0.15, 0.2) is 23.1 Å². The summed E-state index contributed by atoms with van der Waals surface area (Å²) in [4.78, 5) is 10.7. The maximum atomic E-state index is 14.0. The molecule has 0 saturated heterocycles. The molecule has 0 spiro atoms. The van der Waals surface area contributed by atoms with Crippen molar-refractivity contribution in [2.24, 2.45) is 0 Å². The summed E-state index contributed by atoms with van der Waals surface area (Å²) in [7, 11) is 2.88. The Kier molecular flexibility index (Phi) is 4.77. The fourth-order valence-corrected chi connectivity index (χ4v) is 1.86. The van der Waals surface area contributed by atoms with Crippen molar-refractivity contribution in [3.8, 4) is 17.2 Å². The average Bonchev–Trinajstić information content (AvgIpc) is 2.53. The van der Waals surface area contributed by atoms with E-state index in [1.165, 1.54) is 20.3 Å². The van der Waals surface area contributed by atoms with Gasteiger partial charge in [0.25, 0.3) is 0 Å². The molecule has 0 unspecified atom stereocenters. The van der Waals surface area contributed by atoms with E-state index < -0.39 is 5.82 Å². The highest BCUT2D eigenvalue weighted by Gasteiger charge is 2.11. The summed E-state index contributed by atoms with van der Waals surface area (Å²) in [6.07, 6.45) is 0.716. The van der Waals surface area contributed by atoms with Crippen LogP contribution in [0.2, 0.25) is 0 Å². The molecule has 0 saturated carbocycles. The van der Waals surface area contributed by atoms with E-state index in [0.717, 1.165) is 0 Å². The Bertz CT molecular complexity index is 640. The van der Waals surface area contributed by atoms with Gasteiger partial charge in [-0.15, -0.1) is 0 Å². The van der Waals surface area contributed by atoms with Crippen molar-refractivity contribution in [3.05, 3.63) is 53.3 Å². The van der Waals surface area contributed by atoms with Crippen LogP contribution in [0.5, 0.6) is 17.2 Å². The summed E-state index contributed by atoms with van der Waals surface area (Å²) in [6.45, 7) is 0.0276. The zero-order valence-corrected chi connectivity index (χ0v) is 11.8. The molecule has 0 fully saturated rings. The van der Waals surface area contributed by atoms with Crippen molar-refractivity contribution in [3.63, 3.8) is 0 Å². The minimum atomic E-state index is -0.455. The Labute approximate surface area is 122 Å². The maximum absolute atomic E-state index is 14.0. The fraction of sp³-hybridized carbons (Fsp3) is 0.188. The van der Waals surface area contributed by atoms with Gasteiger partial charge in [-0.2, -0.15) is 0 Å². The molecule has 0 heterocycles. The summed E-state index contributed by atoms with van der Waals surface area (Å²) in [6, 6.07) is 9.62. The van der Waals surface area contributed by atoms with E-state index in [2.05, 4.69) is 0 Å². The Morgan fingerprint density at radius 2 is 1.81 bits per heavy atom. The van der Waals surface area contributed by atoms with Gasteiger partial charge in [0.1, 0.15) is 12.9 Å². The van der Waals surface area contributed by atoms with Crippen LogP contribution < -0.4 is 14.2 Å². The number of carbonyl (C=O) groups is 1. The minimum Gasteiger partial charge on any atom is -0.494 e. The molecular formula is C16H15FO4. The highest BCUT2D eigenvalue weighted by molar-refractivity contribution is 5.76. The zero-order valence-electron chi connectivity index (χ0n) is 11.8. The van der Waals surface area contributed by atoms with Gasteiger partial charge in [-0.1, -0.05) is 12.1 Å². The zero-order chi connectivity index (χ0) is 15.2. The van der Waals surface area contributed by atoms with Gasteiger partial charge < -0.3 is 14.2 Å². The van der Waals surface area contributed by atoms with Gasteiger partial charge in [-0.05, 0) is 24.3 Å². The maximum Gasteiger partial charge on any atom is 0.171 e. The predicted octanol–water partition coefficient (Wildman–Crippen LogP) is 3.23. The highest BCUT2D eigenvalue weighted by atomic mass is 19.1. The molecule has 5 heteroatoms. The highest BCUT2D eigenvalue weighted by Crippen LogP contribution is 2.29. The molecule has 0 amide bonds. The molecule has 0 N–H and O–H groups in total. The standard InChI is InChI=1S/C16H15FO4/c1-19-14-5-3-4-12(16(14)17)10-21-13-7-6-11(9-18)8-15(13)20-2/h3-9H,10H2,1-2H3. The van der Waals surface area contributed by atoms with Crippen LogP contribution in [0.3, 0.4) is 0 Å². The lowest BCUT2D eigenvalue weighted by Gasteiger charge is -2.12. The summed E-state index contributed by atoms with van der Waals surface area (Å²) in [5.74, 6) is 0.566. The van der Waals surface area contributed by atoms with Crippen LogP contribution in [0.4, 0.5) is 4.39 Å². The molecule has 0 radical (unpaired) electrons. The lowest BCUT2D eigenvalue weighted by Crippen LogP contribution is -2.02. The predicted molar refractivity (Wildman–Crippen MR) is 75.7 cm³/mol. The second-order valence-corrected chi connectivity index (χ2v) is 4.25. The number of hydrogen-bond acceptors (Lipinski definition) is 4. The van der Waals surface area contributed by atoms with E-state index in [4.69, 9.17) is 14.2 Å². The van der Waals surface area contributed by atoms with Crippen molar-refractivity contribution in [1.29, 1.82) is 0 Å². The monoisotopic (exact) mass is 290 g/mol. The topological polar surface area (TPSA) is 44.8 Å². The second-order valence-electron chi connectivity index (χ2n) is 4.25. The number of methoxy groups -OCH3 is 2. The van der Waals surface area contributed by atoms with Crippen LogP contribution in [0, 0.1) is 5.82 Å². The average molecular weight is 290 g/mol. The third-order valence-corrected chi connectivity index (χ3v) is 2.97. The Balaban J connectivity index is 2.18. The number of carbonyl (C=O) groups excluding carboxylic acids is 1. The van der Waals surface area contributed by atoms with E-state index in [-0.39, 0.29) is 12.4 Å². The van der Waals surface area contributed by atoms with E-state index >= 15 is 0 Å². The van der Waals surface area contributed by atoms with Crippen LogP contribution in [0.25, 0.3) is 0 Å². The first kappa shape index (κ1) is 14.8. The van der Waals surface area contributed by atoms with Crippen molar-refractivity contribution in [2.45, 2.75) is 6.61 Å². The Morgan fingerprint density at radius 3 is 2.48 bits per heavy atom. The molecule has 2 rings (SSSR count). The second kappa shape index (κ2) is 6.74. The number of halogens is 1. The third kappa shape index (κ3) is 3.31. The van der Waals surface area contributed by atoms with Crippen molar-refractivity contribution < 1.29 is 23.4 Å². The van der Waals surface area contributed by atoms with Crippen LogP contribution in [-0.2, 0) is 6.61 Å². The molecule has 0 bridgehead atoms. The molecule has 0 aliphatic carbocycles. The van der Waals surface area contributed by atoms with Gasteiger partial charge in [-0.25, -0.2) is 4.39 Å². The Hall–Kier alpha value is -2.56. The van der Waals surface area contributed by atoms with E-state index in [1.54, 1.807) is 30.3 Å². The molecule has 2 aromatic rings. The van der Waals surface area contributed by atoms with Gasteiger partial charge in [0, 0.05) is 11.1 Å². The molecule has 0 aromatic heterocycles. The molecule has 0 atom stereocenters. The smallest absolute Gasteiger partial charge is 0.171 e. The van der Waals surface area contributed by atoms with E-state index in [1.807, 2.05) is 0 Å². The largest absolute Gasteiger partial charge is 0.494 e. The first-order valence-corrected chi connectivity index (χ1v) is 6.27. The minimum absolute atomic E-state index is 0.0276. The number of ether oxygens (including phenoxy) is 3. The first-order valence-electron chi connectivity index (χ1n) is 6.27. The van der Waals surface area contributed by atoms with Crippen LogP contribution in [0.1, 0.15) is 15.9 Å². The number of rotatable bonds is 6.